The molecule has 0 fully saturated rings. The fourth-order valence-electron chi connectivity index (χ4n) is 3.03. The number of hydrogen-bond acceptors (Lipinski definition) is 5. The largest absolute Gasteiger partial charge is 0.497 e. The number of hydrogen-bond donors (Lipinski definition) is 2. The minimum Gasteiger partial charge on any atom is -0.497 e. The van der Waals surface area contributed by atoms with Gasteiger partial charge in [-0.15, -0.1) is 0 Å². The average Bonchev–Trinajstić information content (AvgIpc) is 2.78. The molecule has 6 nitrogen and oxygen atoms in total. The summed E-state index contributed by atoms with van der Waals surface area (Å²) < 4.78 is 11.2. The summed E-state index contributed by atoms with van der Waals surface area (Å²) in [7, 11) is 1.66. The Morgan fingerprint density at radius 2 is 2.08 bits per heavy atom. The molecule has 2 aromatic carbocycles. The predicted molar refractivity (Wildman–Crippen MR) is 92.9 cm³/mol. The fourth-order valence-corrected chi connectivity index (χ4v) is 3.03. The molecule has 0 bridgehead atoms. The van der Waals surface area contributed by atoms with Gasteiger partial charge >= 0.3 is 0 Å². The van der Waals surface area contributed by atoms with Crippen molar-refractivity contribution in [2.45, 2.75) is 26.1 Å². The third kappa shape index (κ3) is 4.10. The first-order chi connectivity index (χ1) is 12.1. The van der Waals surface area contributed by atoms with Crippen molar-refractivity contribution < 1.29 is 19.5 Å². The van der Waals surface area contributed by atoms with E-state index in [1.165, 1.54) is 5.56 Å². The lowest BCUT2D eigenvalue weighted by Crippen LogP contribution is -2.30. The SMILES string of the molecule is COc1ccc(CN2Cc3ccc(C(=O)NO)cc3OC(C)C2)cc1. The van der Waals surface area contributed by atoms with Crippen LogP contribution in [0.5, 0.6) is 11.5 Å². The van der Waals surface area contributed by atoms with Gasteiger partial charge in [0.05, 0.1) is 7.11 Å². The monoisotopic (exact) mass is 342 g/mol. The normalized spacial score (nSPS) is 17.2. The lowest BCUT2D eigenvalue weighted by molar-refractivity contribution is 0.0705. The first kappa shape index (κ1) is 17.3. The van der Waals surface area contributed by atoms with Crippen molar-refractivity contribution in [1.82, 2.24) is 10.4 Å². The quantitative estimate of drug-likeness (QED) is 0.660. The zero-order chi connectivity index (χ0) is 17.8. The molecule has 1 aliphatic rings. The predicted octanol–water partition coefficient (Wildman–Crippen LogP) is 2.60. The van der Waals surface area contributed by atoms with Crippen LogP contribution in [-0.4, -0.2) is 35.8 Å². The van der Waals surface area contributed by atoms with Crippen molar-refractivity contribution in [3.8, 4) is 11.5 Å². The summed E-state index contributed by atoms with van der Waals surface area (Å²) in [5, 5.41) is 8.79. The van der Waals surface area contributed by atoms with E-state index < -0.39 is 5.91 Å². The number of carbonyl (C=O) groups excluding carboxylic acids is 1. The highest BCUT2D eigenvalue weighted by atomic mass is 16.5. The molecule has 3 rings (SSSR count). The molecule has 1 heterocycles. The van der Waals surface area contributed by atoms with E-state index in [0.29, 0.717) is 11.3 Å². The molecule has 6 heteroatoms. The van der Waals surface area contributed by atoms with Crippen LogP contribution < -0.4 is 15.0 Å². The van der Waals surface area contributed by atoms with Gasteiger partial charge in [0.1, 0.15) is 17.6 Å². The van der Waals surface area contributed by atoms with Gasteiger partial charge in [0.2, 0.25) is 0 Å². The Bertz CT molecular complexity index is 746. The minimum atomic E-state index is -0.543. The van der Waals surface area contributed by atoms with Gasteiger partial charge in [-0.2, -0.15) is 0 Å². The van der Waals surface area contributed by atoms with E-state index in [9.17, 15) is 4.79 Å². The first-order valence-electron chi connectivity index (χ1n) is 8.18. The number of benzene rings is 2. The van der Waals surface area contributed by atoms with Crippen LogP contribution >= 0.6 is 0 Å². The van der Waals surface area contributed by atoms with E-state index in [1.807, 2.05) is 25.1 Å². The summed E-state index contributed by atoms with van der Waals surface area (Å²) in [4.78, 5) is 13.9. The number of ether oxygens (including phenoxy) is 2. The van der Waals surface area contributed by atoms with E-state index in [2.05, 4.69) is 17.0 Å². The van der Waals surface area contributed by atoms with Crippen LogP contribution in [0.1, 0.15) is 28.4 Å². The maximum atomic E-state index is 11.6. The van der Waals surface area contributed by atoms with Gasteiger partial charge in [-0.1, -0.05) is 18.2 Å². The molecular formula is C19H22N2O4. The Labute approximate surface area is 146 Å². The smallest absolute Gasteiger partial charge is 0.274 e. The molecule has 1 unspecified atom stereocenters. The second-order valence-corrected chi connectivity index (χ2v) is 6.21. The zero-order valence-corrected chi connectivity index (χ0v) is 14.4. The molecule has 0 saturated heterocycles. The Kier molecular flexibility index (Phi) is 5.21. The van der Waals surface area contributed by atoms with Crippen LogP contribution in [0.3, 0.4) is 0 Å². The molecule has 1 aliphatic heterocycles. The number of hydroxylamine groups is 1. The van der Waals surface area contributed by atoms with Crippen LogP contribution in [0, 0.1) is 0 Å². The topological polar surface area (TPSA) is 71.0 Å². The van der Waals surface area contributed by atoms with Gasteiger partial charge in [-0.3, -0.25) is 14.9 Å². The standard InChI is InChI=1S/C19H22N2O4/c1-13-10-21(11-14-3-7-17(24-2)8-4-14)12-16-6-5-15(19(22)20-23)9-18(16)25-13/h3-9,13,23H,10-12H2,1-2H3,(H,20,22). The highest BCUT2D eigenvalue weighted by molar-refractivity contribution is 5.93. The van der Waals surface area contributed by atoms with Crippen LogP contribution in [-0.2, 0) is 13.1 Å². The lowest BCUT2D eigenvalue weighted by atomic mass is 10.1. The zero-order valence-electron chi connectivity index (χ0n) is 14.4. The lowest BCUT2D eigenvalue weighted by Gasteiger charge is -2.22. The first-order valence-corrected chi connectivity index (χ1v) is 8.18. The van der Waals surface area contributed by atoms with Crippen molar-refractivity contribution in [3.05, 3.63) is 59.2 Å². The van der Waals surface area contributed by atoms with E-state index in [4.69, 9.17) is 14.7 Å². The molecule has 2 aromatic rings. The number of nitrogens with zero attached hydrogens (tertiary/aromatic N) is 1. The van der Waals surface area contributed by atoms with Crippen LogP contribution in [0.2, 0.25) is 0 Å². The molecule has 0 spiro atoms. The van der Waals surface area contributed by atoms with Gasteiger partial charge in [-0.25, -0.2) is 5.48 Å². The van der Waals surface area contributed by atoms with Crippen molar-refractivity contribution in [2.75, 3.05) is 13.7 Å². The molecule has 0 aromatic heterocycles. The van der Waals surface area contributed by atoms with Gasteiger partial charge in [0, 0.05) is 30.8 Å². The molecule has 1 atom stereocenters. The van der Waals surface area contributed by atoms with Crippen LogP contribution in [0.25, 0.3) is 0 Å². The number of rotatable bonds is 4. The Morgan fingerprint density at radius 1 is 1.32 bits per heavy atom. The fraction of sp³-hybridized carbons (Fsp3) is 0.316. The van der Waals surface area contributed by atoms with Crippen molar-refractivity contribution >= 4 is 5.91 Å². The molecule has 0 saturated carbocycles. The molecule has 132 valence electrons. The molecule has 2 N–H and O–H groups in total. The van der Waals surface area contributed by atoms with Crippen molar-refractivity contribution in [1.29, 1.82) is 0 Å². The van der Waals surface area contributed by atoms with Gasteiger partial charge < -0.3 is 9.47 Å². The Morgan fingerprint density at radius 3 is 2.76 bits per heavy atom. The summed E-state index contributed by atoms with van der Waals surface area (Å²) in [6, 6.07) is 13.3. The number of amides is 1. The Balaban J connectivity index is 1.78. The maximum Gasteiger partial charge on any atom is 0.274 e. The van der Waals surface area contributed by atoms with E-state index in [-0.39, 0.29) is 6.10 Å². The van der Waals surface area contributed by atoms with E-state index in [1.54, 1.807) is 24.7 Å². The maximum absolute atomic E-state index is 11.6. The molecule has 1 amide bonds. The second-order valence-electron chi connectivity index (χ2n) is 6.21. The second kappa shape index (κ2) is 7.55. The van der Waals surface area contributed by atoms with E-state index in [0.717, 1.165) is 30.9 Å². The number of fused-ring (bicyclic) bond motifs is 1. The third-order valence-corrected chi connectivity index (χ3v) is 4.23. The number of carbonyl (C=O) groups is 1. The summed E-state index contributed by atoms with van der Waals surface area (Å²) >= 11 is 0. The number of nitrogens with one attached hydrogen (secondary N) is 1. The van der Waals surface area contributed by atoms with Crippen molar-refractivity contribution in [3.63, 3.8) is 0 Å². The third-order valence-electron chi connectivity index (χ3n) is 4.23. The van der Waals surface area contributed by atoms with Crippen molar-refractivity contribution in [2.24, 2.45) is 0 Å². The van der Waals surface area contributed by atoms with Crippen LogP contribution in [0.15, 0.2) is 42.5 Å². The summed E-state index contributed by atoms with van der Waals surface area (Å²) in [5.74, 6) is 0.987. The summed E-state index contributed by atoms with van der Waals surface area (Å²) in [5.41, 5.74) is 4.25. The number of methoxy groups -OCH3 is 1. The molecule has 0 aliphatic carbocycles. The highest BCUT2D eigenvalue weighted by Crippen LogP contribution is 2.27. The molecule has 25 heavy (non-hydrogen) atoms. The van der Waals surface area contributed by atoms with Gasteiger partial charge in [0.25, 0.3) is 5.91 Å². The Hall–Kier alpha value is -2.57. The molecular weight excluding hydrogens is 320 g/mol. The minimum absolute atomic E-state index is 0.00747. The molecule has 0 radical (unpaired) electrons. The highest BCUT2D eigenvalue weighted by Gasteiger charge is 2.21. The van der Waals surface area contributed by atoms with E-state index >= 15 is 0 Å². The average molecular weight is 342 g/mol. The summed E-state index contributed by atoms with van der Waals surface area (Å²) in [6.07, 6.45) is -0.00747. The van der Waals surface area contributed by atoms with Gasteiger partial charge in [0.15, 0.2) is 0 Å². The van der Waals surface area contributed by atoms with Gasteiger partial charge in [-0.05, 0) is 36.8 Å². The van der Waals surface area contributed by atoms with Crippen LogP contribution in [0.4, 0.5) is 0 Å². The summed E-state index contributed by atoms with van der Waals surface area (Å²) in [6.45, 7) is 4.32.